The second kappa shape index (κ2) is 11.2. The molecule has 0 spiro atoms. The number of aromatic nitrogens is 2. The van der Waals surface area contributed by atoms with Gasteiger partial charge < -0.3 is 29.4 Å². The predicted octanol–water partition coefficient (Wildman–Crippen LogP) is 2.82. The minimum Gasteiger partial charge on any atom is -0.478 e. The summed E-state index contributed by atoms with van der Waals surface area (Å²) in [6.45, 7) is 0.123. The minimum absolute atomic E-state index is 0.0537. The third-order valence-electron chi connectivity index (χ3n) is 6.96. The van der Waals surface area contributed by atoms with E-state index in [1.54, 1.807) is 18.2 Å². The van der Waals surface area contributed by atoms with Crippen LogP contribution in [0, 0.1) is 0 Å². The van der Waals surface area contributed by atoms with Crippen molar-refractivity contribution in [3.05, 3.63) is 94.0 Å². The van der Waals surface area contributed by atoms with Crippen molar-refractivity contribution in [2.45, 2.75) is 56.3 Å². The number of hydrogen-bond acceptors (Lipinski definition) is 8. The lowest BCUT2D eigenvalue weighted by Gasteiger charge is -2.22. The molecule has 12 nitrogen and oxygen atoms in total. The maximum absolute atomic E-state index is 13.0. The maximum Gasteiger partial charge on any atom is 0.351 e. The van der Waals surface area contributed by atoms with Gasteiger partial charge in [0, 0.05) is 17.8 Å². The van der Waals surface area contributed by atoms with Crippen molar-refractivity contribution in [3.8, 4) is 0 Å². The fraction of sp³-hybridized carbons (Fsp3) is 0.357. The lowest BCUT2D eigenvalue weighted by atomic mass is 10.1. The fourth-order valence-electron chi connectivity index (χ4n) is 4.84. The third-order valence-corrected chi connectivity index (χ3v) is 6.96. The SMILES string of the molecule is O=C(Nc1ccn([C@@H]2O[C@H](COCc3ccccc3C(=O)O)C3O[C@H](c4ccccc4)OC32)c(=O)n1)NC1CC1. The monoisotopic (exact) mass is 548 g/mol. The Morgan fingerprint density at radius 3 is 2.50 bits per heavy atom. The van der Waals surface area contributed by atoms with Gasteiger partial charge in [-0.05, 0) is 30.5 Å². The summed E-state index contributed by atoms with van der Waals surface area (Å²) in [5.41, 5.74) is 0.877. The molecule has 12 heteroatoms. The molecule has 3 N–H and O–H groups in total. The molecule has 1 saturated carbocycles. The normalized spacial score (nSPS) is 25.4. The topological polar surface area (TPSA) is 150 Å². The average molecular weight is 549 g/mol. The Morgan fingerprint density at radius 2 is 1.75 bits per heavy atom. The van der Waals surface area contributed by atoms with Gasteiger partial charge in [-0.25, -0.2) is 14.4 Å². The fourth-order valence-corrected chi connectivity index (χ4v) is 4.84. The molecule has 3 heterocycles. The summed E-state index contributed by atoms with van der Waals surface area (Å²) in [5, 5.41) is 14.8. The smallest absolute Gasteiger partial charge is 0.351 e. The van der Waals surface area contributed by atoms with Crippen LogP contribution >= 0.6 is 0 Å². The van der Waals surface area contributed by atoms with E-state index in [9.17, 15) is 19.5 Å². The number of ether oxygens (including phenoxy) is 4. The first-order valence-electron chi connectivity index (χ1n) is 13.0. The van der Waals surface area contributed by atoms with Gasteiger partial charge in [-0.2, -0.15) is 4.98 Å². The van der Waals surface area contributed by atoms with Crippen molar-refractivity contribution in [1.29, 1.82) is 0 Å². The number of carboxylic acids is 1. The number of carbonyl (C=O) groups excluding carboxylic acids is 1. The summed E-state index contributed by atoms with van der Waals surface area (Å²) >= 11 is 0. The first-order valence-corrected chi connectivity index (χ1v) is 13.0. The van der Waals surface area contributed by atoms with Gasteiger partial charge in [-0.15, -0.1) is 0 Å². The van der Waals surface area contributed by atoms with E-state index in [2.05, 4.69) is 15.6 Å². The van der Waals surface area contributed by atoms with Crippen LogP contribution in [0.4, 0.5) is 10.6 Å². The summed E-state index contributed by atoms with van der Waals surface area (Å²) in [7, 11) is 0. The molecule has 3 aromatic rings. The van der Waals surface area contributed by atoms with Crippen molar-refractivity contribution in [1.82, 2.24) is 14.9 Å². The number of carboxylic acid groups (broad SMARTS) is 1. The number of nitrogens with zero attached hydrogens (tertiary/aromatic N) is 2. The van der Waals surface area contributed by atoms with Gasteiger partial charge in [-0.1, -0.05) is 48.5 Å². The van der Waals surface area contributed by atoms with Gasteiger partial charge in [0.25, 0.3) is 0 Å². The first-order chi connectivity index (χ1) is 19.5. The molecular formula is C28H28N4O8. The highest BCUT2D eigenvalue weighted by molar-refractivity contribution is 5.89. The number of rotatable bonds is 9. The Kier molecular flexibility index (Phi) is 7.30. The summed E-state index contributed by atoms with van der Waals surface area (Å²) in [5.74, 6) is -0.916. The zero-order valence-corrected chi connectivity index (χ0v) is 21.3. The number of hydrogen-bond donors (Lipinski definition) is 3. The van der Waals surface area contributed by atoms with Crippen molar-refractivity contribution >= 4 is 17.8 Å². The van der Waals surface area contributed by atoms with Gasteiger partial charge in [0.15, 0.2) is 12.5 Å². The van der Waals surface area contributed by atoms with Crippen molar-refractivity contribution < 1.29 is 33.6 Å². The molecular weight excluding hydrogens is 520 g/mol. The van der Waals surface area contributed by atoms with Crippen LogP contribution < -0.4 is 16.3 Å². The molecule has 3 fully saturated rings. The molecule has 208 valence electrons. The average Bonchev–Trinajstić information content (AvgIpc) is 3.54. The van der Waals surface area contributed by atoms with Crippen LogP contribution in [-0.4, -0.2) is 57.6 Å². The Labute approximate surface area is 228 Å². The Bertz CT molecular complexity index is 1440. The molecule has 3 aliphatic rings. The number of anilines is 1. The van der Waals surface area contributed by atoms with Gasteiger partial charge in [0.2, 0.25) is 0 Å². The number of nitrogens with one attached hydrogen (secondary N) is 2. The predicted molar refractivity (Wildman–Crippen MR) is 140 cm³/mol. The largest absolute Gasteiger partial charge is 0.478 e. The van der Waals surface area contributed by atoms with E-state index >= 15 is 0 Å². The summed E-state index contributed by atoms with van der Waals surface area (Å²) in [4.78, 5) is 40.6. The van der Waals surface area contributed by atoms with Crippen molar-refractivity contribution in [3.63, 3.8) is 0 Å². The standard InChI is InChI=1S/C28H28N4O8/c33-25(34)19-9-5-4-8-17(19)14-37-15-20-22-23(40-26(39-22)16-6-2-1-3-7-16)24(38-20)32-13-12-21(31-28(32)36)30-27(35)29-18-10-11-18/h1-9,12-13,18,20,22-24,26H,10-11,14-15H2,(H,33,34)(H2,29,30,31,35,36)/t20-,22?,23?,24-,26+/m1/s1. The minimum atomic E-state index is -1.04. The molecule has 2 aliphatic heterocycles. The molecule has 5 atom stereocenters. The zero-order valence-electron chi connectivity index (χ0n) is 21.3. The summed E-state index contributed by atoms with van der Waals surface area (Å²) in [6.07, 6.45) is -0.00758. The van der Waals surface area contributed by atoms with Crippen LogP contribution in [0.2, 0.25) is 0 Å². The molecule has 2 amide bonds. The van der Waals surface area contributed by atoms with Crippen LogP contribution in [0.3, 0.4) is 0 Å². The highest BCUT2D eigenvalue weighted by Gasteiger charge is 2.54. The first kappa shape index (κ1) is 26.1. The lowest BCUT2D eigenvalue weighted by molar-refractivity contribution is -0.159. The van der Waals surface area contributed by atoms with Gasteiger partial charge in [-0.3, -0.25) is 9.88 Å². The highest BCUT2D eigenvalue weighted by Crippen LogP contribution is 2.43. The molecule has 40 heavy (non-hydrogen) atoms. The number of fused-ring (bicyclic) bond motifs is 1. The molecule has 0 bridgehead atoms. The molecule has 2 aromatic carbocycles. The number of benzene rings is 2. The van der Waals surface area contributed by atoms with E-state index in [0.29, 0.717) is 5.56 Å². The van der Waals surface area contributed by atoms with E-state index in [1.807, 2.05) is 30.3 Å². The van der Waals surface area contributed by atoms with Gasteiger partial charge in [0.1, 0.15) is 24.1 Å². The third kappa shape index (κ3) is 5.61. The van der Waals surface area contributed by atoms with E-state index in [4.69, 9.17) is 18.9 Å². The number of amides is 2. The number of aromatic carboxylic acids is 1. The second-order valence-electron chi connectivity index (χ2n) is 9.86. The van der Waals surface area contributed by atoms with Crippen LogP contribution in [0.5, 0.6) is 0 Å². The Balaban J connectivity index is 1.19. The van der Waals surface area contributed by atoms with E-state index in [0.717, 1.165) is 18.4 Å². The highest BCUT2D eigenvalue weighted by atomic mass is 16.8. The molecule has 1 aromatic heterocycles. The Hall–Kier alpha value is -4.10. The maximum atomic E-state index is 13.0. The molecule has 1 aliphatic carbocycles. The van der Waals surface area contributed by atoms with Crippen LogP contribution in [0.25, 0.3) is 0 Å². The van der Waals surface area contributed by atoms with E-state index < -0.39 is 48.5 Å². The van der Waals surface area contributed by atoms with Crippen molar-refractivity contribution in [2.24, 2.45) is 0 Å². The zero-order chi connectivity index (χ0) is 27.6. The Morgan fingerprint density at radius 1 is 1.00 bits per heavy atom. The number of carbonyl (C=O) groups is 2. The van der Waals surface area contributed by atoms with Gasteiger partial charge in [0.05, 0.1) is 18.8 Å². The molecule has 6 rings (SSSR count). The summed E-state index contributed by atoms with van der Waals surface area (Å²) in [6, 6.07) is 17.3. The lowest BCUT2D eigenvalue weighted by Crippen LogP contribution is -2.35. The van der Waals surface area contributed by atoms with Crippen LogP contribution in [-0.2, 0) is 25.6 Å². The number of urea groups is 1. The van der Waals surface area contributed by atoms with Crippen molar-refractivity contribution in [2.75, 3.05) is 11.9 Å². The quantitative estimate of drug-likeness (QED) is 0.367. The second-order valence-corrected chi connectivity index (χ2v) is 9.86. The van der Waals surface area contributed by atoms with Crippen LogP contribution in [0.1, 0.15) is 46.8 Å². The van der Waals surface area contributed by atoms with E-state index in [1.165, 1.54) is 22.9 Å². The van der Waals surface area contributed by atoms with Gasteiger partial charge >= 0.3 is 17.7 Å². The molecule has 0 radical (unpaired) electrons. The summed E-state index contributed by atoms with van der Waals surface area (Å²) < 4.78 is 25.9. The molecule has 2 unspecified atom stereocenters. The molecule has 2 saturated heterocycles. The van der Waals surface area contributed by atoms with Crippen LogP contribution in [0.15, 0.2) is 71.7 Å². The van der Waals surface area contributed by atoms with E-state index in [-0.39, 0.29) is 30.6 Å².